The predicted octanol–water partition coefficient (Wildman–Crippen LogP) is 0.812. The summed E-state index contributed by atoms with van der Waals surface area (Å²) in [6.45, 7) is 3.67. The highest BCUT2D eigenvalue weighted by Gasteiger charge is 2.33. The van der Waals surface area contributed by atoms with E-state index in [1.807, 2.05) is 31.2 Å². The number of hydrogen-bond acceptors (Lipinski definition) is 5. The summed E-state index contributed by atoms with van der Waals surface area (Å²) in [6, 6.07) is 7.50. The first-order valence-electron chi connectivity index (χ1n) is 6.52. The molecule has 0 fully saturated rings. The summed E-state index contributed by atoms with van der Waals surface area (Å²) in [5, 5.41) is 13.3. The van der Waals surface area contributed by atoms with Crippen LogP contribution in [0.1, 0.15) is 6.92 Å². The minimum absolute atomic E-state index is 0.186. The Hall–Kier alpha value is -1.30. The molecule has 1 aromatic carbocycles. The van der Waals surface area contributed by atoms with Gasteiger partial charge in [0, 0.05) is 20.2 Å². The molecule has 0 aliphatic carbocycles. The van der Waals surface area contributed by atoms with Gasteiger partial charge >= 0.3 is 0 Å². The maximum Gasteiger partial charge on any atom is 0.162 e. The molecule has 0 spiro atoms. The molecule has 0 amide bonds. The zero-order chi connectivity index (χ0) is 13.7. The highest BCUT2D eigenvalue weighted by Crippen LogP contribution is 2.34. The molecule has 1 heterocycles. The summed E-state index contributed by atoms with van der Waals surface area (Å²) in [7, 11) is 1.65. The van der Waals surface area contributed by atoms with E-state index in [-0.39, 0.29) is 12.2 Å². The Morgan fingerprint density at radius 3 is 2.68 bits per heavy atom. The molecule has 1 aromatic rings. The number of nitrogens with one attached hydrogen (secondary N) is 1. The van der Waals surface area contributed by atoms with Crippen LogP contribution in [0, 0.1) is 0 Å². The minimum Gasteiger partial charge on any atom is -0.483 e. The van der Waals surface area contributed by atoms with Crippen molar-refractivity contribution in [2.45, 2.75) is 25.2 Å². The van der Waals surface area contributed by atoms with Crippen molar-refractivity contribution >= 4 is 0 Å². The van der Waals surface area contributed by atoms with Gasteiger partial charge in [-0.1, -0.05) is 12.1 Å². The Balaban J connectivity index is 1.90. The number of aliphatic hydroxyl groups excluding tert-OH is 1. The molecule has 5 heteroatoms. The Morgan fingerprint density at radius 1 is 1.32 bits per heavy atom. The first-order valence-corrected chi connectivity index (χ1v) is 6.52. The molecule has 0 saturated heterocycles. The van der Waals surface area contributed by atoms with Crippen molar-refractivity contribution in [3.05, 3.63) is 24.3 Å². The number of fused-ring (bicyclic) bond motifs is 1. The largest absolute Gasteiger partial charge is 0.483 e. The molecular formula is C14H21NO4. The third-order valence-corrected chi connectivity index (χ3v) is 3.10. The second kappa shape index (κ2) is 6.75. The molecule has 1 aliphatic rings. The van der Waals surface area contributed by atoms with Gasteiger partial charge in [-0.3, -0.25) is 0 Å². The van der Waals surface area contributed by atoms with Crippen molar-refractivity contribution in [3.63, 3.8) is 0 Å². The standard InChI is InChI=1S/C14H21NO4/c1-10-14(11(16)9-15-7-8-17-2)19-13-6-4-3-5-12(13)18-10/h3-6,10-11,14-16H,7-9H2,1-2H3. The predicted molar refractivity (Wildman–Crippen MR) is 71.7 cm³/mol. The third kappa shape index (κ3) is 3.59. The lowest BCUT2D eigenvalue weighted by Gasteiger charge is -2.34. The van der Waals surface area contributed by atoms with Gasteiger partial charge in [0.15, 0.2) is 17.6 Å². The fraction of sp³-hybridized carbons (Fsp3) is 0.571. The molecule has 2 rings (SSSR count). The highest BCUT2D eigenvalue weighted by molar-refractivity contribution is 5.41. The average molecular weight is 267 g/mol. The van der Waals surface area contributed by atoms with Crippen molar-refractivity contribution in [3.8, 4) is 11.5 Å². The van der Waals surface area contributed by atoms with E-state index in [0.717, 1.165) is 5.75 Å². The van der Waals surface area contributed by atoms with Gasteiger partial charge in [-0.05, 0) is 19.1 Å². The molecule has 2 N–H and O–H groups in total. The molecule has 19 heavy (non-hydrogen) atoms. The summed E-state index contributed by atoms with van der Waals surface area (Å²) in [4.78, 5) is 0. The van der Waals surface area contributed by atoms with Gasteiger partial charge in [-0.15, -0.1) is 0 Å². The second-order valence-electron chi connectivity index (χ2n) is 4.62. The van der Waals surface area contributed by atoms with Gasteiger partial charge < -0.3 is 24.6 Å². The van der Waals surface area contributed by atoms with E-state index in [4.69, 9.17) is 14.2 Å². The number of hydrogen-bond donors (Lipinski definition) is 2. The number of para-hydroxylation sites is 2. The molecule has 0 bridgehead atoms. The molecule has 0 saturated carbocycles. The van der Waals surface area contributed by atoms with Gasteiger partial charge in [0.25, 0.3) is 0 Å². The first-order chi connectivity index (χ1) is 9.22. The molecule has 3 atom stereocenters. The molecule has 3 unspecified atom stereocenters. The summed E-state index contributed by atoms with van der Waals surface area (Å²) < 4.78 is 16.5. The summed E-state index contributed by atoms with van der Waals surface area (Å²) in [6.07, 6.45) is -1.18. The number of methoxy groups -OCH3 is 1. The van der Waals surface area contributed by atoms with Crippen LogP contribution >= 0.6 is 0 Å². The van der Waals surface area contributed by atoms with Crippen LogP contribution in [0.2, 0.25) is 0 Å². The van der Waals surface area contributed by atoms with Gasteiger partial charge in [0.1, 0.15) is 12.2 Å². The van der Waals surface area contributed by atoms with Crippen LogP contribution in [-0.4, -0.2) is 50.2 Å². The van der Waals surface area contributed by atoms with Crippen LogP contribution in [0.15, 0.2) is 24.3 Å². The molecule has 1 aliphatic heterocycles. The van der Waals surface area contributed by atoms with E-state index in [1.165, 1.54) is 0 Å². The highest BCUT2D eigenvalue weighted by atomic mass is 16.6. The fourth-order valence-electron chi connectivity index (χ4n) is 2.09. The number of benzene rings is 1. The SMILES string of the molecule is COCCNCC(O)C1Oc2ccccc2OC1C. The molecule has 0 radical (unpaired) electrons. The van der Waals surface area contributed by atoms with E-state index in [0.29, 0.717) is 25.4 Å². The lowest BCUT2D eigenvalue weighted by molar-refractivity contribution is -0.0461. The van der Waals surface area contributed by atoms with Crippen LogP contribution < -0.4 is 14.8 Å². The van der Waals surface area contributed by atoms with Crippen molar-refractivity contribution < 1.29 is 19.3 Å². The van der Waals surface area contributed by atoms with E-state index in [1.54, 1.807) is 7.11 Å². The zero-order valence-electron chi connectivity index (χ0n) is 11.3. The van der Waals surface area contributed by atoms with Gasteiger partial charge in [-0.25, -0.2) is 0 Å². The Labute approximate surface area is 113 Å². The van der Waals surface area contributed by atoms with E-state index in [9.17, 15) is 5.11 Å². The average Bonchev–Trinajstić information content (AvgIpc) is 2.42. The smallest absolute Gasteiger partial charge is 0.162 e. The Morgan fingerprint density at radius 2 is 2.00 bits per heavy atom. The van der Waals surface area contributed by atoms with Gasteiger partial charge in [0.05, 0.1) is 6.61 Å². The van der Waals surface area contributed by atoms with Crippen molar-refractivity contribution in [2.24, 2.45) is 0 Å². The van der Waals surface area contributed by atoms with Crippen molar-refractivity contribution in [1.82, 2.24) is 5.32 Å². The first kappa shape index (κ1) is 14.1. The van der Waals surface area contributed by atoms with Gasteiger partial charge in [-0.2, -0.15) is 0 Å². The quantitative estimate of drug-likeness (QED) is 0.747. The number of ether oxygens (including phenoxy) is 3. The maximum absolute atomic E-state index is 10.2. The second-order valence-corrected chi connectivity index (χ2v) is 4.62. The van der Waals surface area contributed by atoms with Crippen molar-refractivity contribution in [1.29, 1.82) is 0 Å². The van der Waals surface area contributed by atoms with E-state index < -0.39 is 6.10 Å². The zero-order valence-corrected chi connectivity index (χ0v) is 11.3. The third-order valence-electron chi connectivity index (χ3n) is 3.10. The van der Waals surface area contributed by atoms with Crippen LogP contribution in [0.4, 0.5) is 0 Å². The molecule has 5 nitrogen and oxygen atoms in total. The summed E-state index contributed by atoms with van der Waals surface area (Å²) >= 11 is 0. The minimum atomic E-state index is -0.625. The lowest BCUT2D eigenvalue weighted by atomic mass is 10.1. The number of aliphatic hydroxyl groups is 1. The monoisotopic (exact) mass is 267 g/mol. The van der Waals surface area contributed by atoms with E-state index >= 15 is 0 Å². The number of rotatable bonds is 6. The lowest BCUT2D eigenvalue weighted by Crippen LogP contribution is -2.49. The summed E-state index contributed by atoms with van der Waals surface area (Å²) in [5.41, 5.74) is 0. The maximum atomic E-state index is 10.2. The Bertz CT molecular complexity index is 399. The van der Waals surface area contributed by atoms with Crippen LogP contribution in [-0.2, 0) is 4.74 Å². The summed E-state index contributed by atoms with van der Waals surface area (Å²) in [5.74, 6) is 1.41. The topological polar surface area (TPSA) is 60.0 Å². The molecule has 0 aromatic heterocycles. The van der Waals surface area contributed by atoms with Gasteiger partial charge in [0.2, 0.25) is 0 Å². The molecule has 106 valence electrons. The van der Waals surface area contributed by atoms with Crippen LogP contribution in [0.25, 0.3) is 0 Å². The fourth-order valence-corrected chi connectivity index (χ4v) is 2.09. The van der Waals surface area contributed by atoms with Crippen molar-refractivity contribution in [2.75, 3.05) is 26.8 Å². The van der Waals surface area contributed by atoms with Crippen LogP contribution in [0.3, 0.4) is 0 Å². The normalized spacial score (nSPS) is 23.1. The molecular weight excluding hydrogens is 246 g/mol. The van der Waals surface area contributed by atoms with E-state index in [2.05, 4.69) is 5.32 Å². The Kier molecular flexibility index (Phi) is 5.01. The van der Waals surface area contributed by atoms with Crippen LogP contribution in [0.5, 0.6) is 11.5 Å².